The molecule has 80 valence electrons. The lowest BCUT2D eigenvalue weighted by Gasteiger charge is -2.28. The zero-order valence-corrected chi connectivity index (χ0v) is 9.72. The minimum atomic E-state index is 0.325. The first-order valence-corrected chi connectivity index (χ1v) is 6.04. The van der Waals surface area contributed by atoms with E-state index in [1.807, 2.05) is 0 Å². The molecule has 1 nitrogen and oxygen atoms in total. The van der Waals surface area contributed by atoms with Gasteiger partial charge in [0.15, 0.2) is 0 Å². The molecule has 3 atom stereocenters. The summed E-state index contributed by atoms with van der Waals surface area (Å²) >= 11 is 0. The van der Waals surface area contributed by atoms with Crippen LogP contribution in [0.2, 0.25) is 0 Å². The van der Waals surface area contributed by atoms with Crippen molar-refractivity contribution in [2.24, 2.45) is 17.8 Å². The fraction of sp³-hybridized carbons (Fsp3) is 0.846. The van der Waals surface area contributed by atoms with Gasteiger partial charge in [0.2, 0.25) is 0 Å². The zero-order chi connectivity index (χ0) is 10.2. The highest BCUT2D eigenvalue weighted by Gasteiger charge is 2.35. The highest BCUT2D eigenvalue weighted by molar-refractivity contribution is 5.10. The van der Waals surface area contributed by atoms with Gasteiger partial charge in [-0.1, -0.05) is 19.1 Å². The van der Waals surface area contributed by atoms with Gasteiger partial charge in [0.1, 0.15) is 0 Å². The van der Waals surface area contributed by atoms with Gasteiger partial charge in [-0.25, -0.2) is 0 Å². The summed E-state index contributed by atoms with van der Waals surface area (Å²) in [5, 5.41) is 3.70. The molecule has 0 aromatic heterocycles. The molecule has 1 heteroatoms. The molecule has 0 radical (unpaired) electrons. The lowest BCUT2D eigenvalue weighted by Crippen LogP contribution is -2.42. The molecule has 2 rings (SSSR count). The second kappa shape index (κ2) is 3.69. The van der Waals surface area contributed by atoms with Crippen LogP contribution in [-0.4, -0.2) is 12.1 Å². The minimum Gasteiger partial charge on any atom is -0.312 e. The van der Waals surface area contributed by atoms with E-state index in [0.29, 0.717) is 5.54 Å². The lowest BCUT2D eigenvalue weighted by molar-refractivity contribution is 0.317. The molecule has 1 fully saturated rings. The molecule has 0 aromatic rings. The number of fused-ring (bicyclic) bond motifs is 2. The van der Waals surface area contributed by atoms with E-state index in [4.69, 9.17) is 0 Å². The number of nitrogens with one attached hydrogen (secondary N) is 1. The fourth-order valence-corrected chi connectivity index (χ4v) is 2.66. The van der Waals surface area contributed by atoms with Crippen molar-refractivity contribution in [1.82, 2.24) is 5.32 Å². The van der Waals surface area contributed by atoms with Crippen molar-refractivity contribution in [2.75, 3.05) is 6.54 Å². The molecule has 0 spiro atoms. The first kappa shape index (κ1) is 10.2. The first-order chi connectivity index (χ1) is 6.61. The van der Waals surface area contributed by atoms with Crippen LogP contribution in [0.25, 0.3) is 0 Å². The third-order valence-electron chi connectivity index (χ3n) is 4.14. The second-order valence-corrected chi connectivity index (χ2v) is 5.66. The molecule has 14 heavy (non-hydrogen) atoms. The maximum Gasteiger partial charge on any atom is 0.0122 e. The molecule has 2 bridgehead atoms. The van der Waals surface area contributed by atoms with Crippen molar-refractivity contribution in [2.45, 2.75) is 45.6 Å². The van der Waals surface area contributed by atoms with Crippen molar-refractivity contribution in [3.05, 3.63) is 12.2 Å². The van der Waals surface area contributed by atoms with E-state index in [2.05, 4.69) is 38.2 Å². The molecular formula is C13H23N. The van der Waals surface area contributed by atoms with Crippen molar-refractivity contribution < 1.29 is 0 Å². The van der Waals surface area contributed by atoms with E-state index in [-0.39, 0.29) is 0 Å². The number of allylic oxidation sites excluding steroid dienone is 2. The van der Waals surface area contributed by atoms with Crippen molar-refractivity contribution in [1.29, 1.82) is 0 Å². The molecule has 0 unspecified atom stereocenters. The number of hydrogen-bond donors (Lipinski definition) is 1. The highest BCUT2D eigenvalue weighted by Crippen LogP contribution is 2.43. The minimum absolute atomic E-state index is 0.325. The Bertz CT molecular complexity index is 229. The molecule has 0 aromatic carbocycles. The number of hydrogen-bond acceptors (Lipinski definition) is 1. The largest absolute Gasteiger partial charge is 0.312 e. The molecule has 2 aliphatic rings. The van der Waals surface area contributed by atoms with Gasteiger partial charge < -0.3 is 5.32 Å². The summed E-state index contributed by atoms with van der Waals surface area (Å²) in [5.41, 5.74) is 0.325. The molecule has 1 saturated carbocycles. The van der Waals surface area contributed by atoms with Crippen LogP contribution >= 0.6 is 0 Å². The predicted octanol–water partition coefficient (Wildman–Crippen LogP) is 2.98. The molecule has 0 aliphatic heterocycles. The van der Waals surface area contributed by atoms with E-state index in [0.717, 1.165) is 17.8 Å². The van der Waals surface area contributed by atoms with E-state index in [1.165, 1.54) is 25.8 Å². The quantitative estimate of drug-likeness (QED) is 0.677. The monoisotopic (exact) mass is 193 g/mol. The zero-order valence-electron chi connectivity index (χ0n) is 9.72. The van der Waals surface area contributed by atoms with Crippen molar-refractivity contribution >= 4 is 0 Å². The number of rotatable bonds is 4. The first-order valence-electron chi connectivity index (χ1n) is 6.04. The second-order valence-electron chi connectivity index (χ2n) is 5.66. The maximum atomic E-state index is 3.70. The normalized spacial score (nSPS) is 35.5. The third kappa shape index (κ3) is 2.03. The lowest BCUT2D eigenvalue weighted by atomic mass is 9.92. The summed E-state index contributed by atoms with van der Waals surface area (Å²) in [6.07, 6.45) is 8.93. The van der Waals surface area contributed by atoms with Crippen molar-refractivity contribution in [3.8, 4) is 0 Å². The average Bonchev–Trinajstić information content (AvgIpc) is 2.76. The summed E-state index contributed by atoms with van der Waals surface area (Å²) in [4.78, 5) is 0. The van der Waals surface area contributed by atoms with Crippen LogP contribution in [0.5, 0.6) is 0 Å². The Balaban J connectivity index is 1.80. The standard InChI is InChI=1S/C13H23N/c1-4-13(2,3)14-9-12-8-10-5-6-11(12)7-10/h5-6,10-12,14H,4,7-9H2,1-3H3/t10-,11-,12+/m0/s1. The molecule has 0 heterocycles. The Labute approximate surface area is 88.0 Å². The topological polar surface area (TPSA) is 12.0 Å². The van der Waals surface area contributed by atoms with Crippen LogP contribution in [0.1, 0.15) is 40.0 Å². The van der Waals surface area contributed by atoms with Gasteiger partial charge in [0.05, 0.1) is 0 Å². The Morgan fingerprint density at radius 3 is 2.57 bits per heavy atom. The highest BCUT2D eigenvalue weighted by atomic mass is 15.0. The summed E-state index contributed by atoms with van der Waals surface area (Å²) in [6, 6.07) is 0. The summed E-state index contributed by atoms with van der Waals surface area (Å²) < 4.78 is 0. The van der Waals surface area contributed by atoms with E-state index in [9.17, 15) is 0 Å². The molecule has 1 N–H and O–H groups in total. The third-order valence-corrected chi connectivity index (χ3v) is 4.14. The summed E-state index contributed by atoms with van der Waals surface area (Å²) in [6.45, 7) is 8.08. The van der Waals surface area contributed by atoms with Crippen LogP contribution in [0.15, 0.2) is 12.2 Å². The van der Waals surface area contributed by atoms with Crippen LogP contribution in [0.3, 0.4) is 0 Å². The van der Waals surface area contributed by atoms with Crippen molar-refractivity contribution in [3.63, 3.8) is 0 Å². The van der Waals surface area contributed by atoms with E-state index < -0.39 is 0 Å². The Hall–Kier alpha value is -0.300. The molecule has 2 aliphatic carbocycles. The van der Waals surface area contributed by atoms with Crippen LogP contribution in [-0.2, 0) is 0 Å². The Morgan fingerprint density at radius 2 is 2.07 bits per heavy atom. The summed E-state index contributed by atoms with van der Waals surface area (Å²) in [7, 11) is 0. The van der Waals surface area contributed by atoms with Crippen LogP contribution in [0.4, 0.5) is 0 Å². The van der Waals surface area contributed by atoms with Crippen LogP contribution < -0.4 is 5.32 Å². The van der Waals surface area contributed by atoms with E-state index >= 15 is 0 Å². The van der Waals surface area contributed by atoms with Gasteiger partial charge in [-0.05, 0) is 57.4 Å². The maximum absolute atomic E-state index is 3.70. The fourth-order valence-electron chi connectivity index (χ4n) is 2.66. The van der Waals surface area contributed by atoms with Crippen LogP contribution in [0, 0.1) is 17.8 Å². The SMILES string of the molecule is CCC(C)(C)NC[C@H]1C[C@H]2C=C[C@H]1C2. The van der Waals surface area contributed by atoms with Gasteiger partial charge >= 0.3 is 0 Å². The summed E-state index contributed by atoms with van der Waals surface area (Å²) in [5.74, 6) is 2.72. The van der Waals surface area contributed by atoms with Gasteiger partial charge in [-0.2, -0.15) is 0 Å². The average molecular weight is 193 g/mol. The van der Waals surface area contributed by atoms with Gasteiger partial charge in [0, 0.05) is 5.54 Å². The Kier molecular flexibility index (Phi) is 2.70. The van der Waals surface area contributed by atoms with Gasteiger partial charge in [0.25, 0.3) is 0 Å². The molecule has 0 amide bonds. The molecular weight excluding hydrogens is 170 g/mol. The predicted molar refractivity (Wildman–Crippen MR) is 61.2 cm³/mol. The smallest absolute Gasteiger partial charge is 0.0122 e. The van der Waals surface area contributed by atoms with E-state index in [1.54, 1.807) is 0 Å². The van der Waals surface area contributed by atoms with Gasteiger partial charge in [-0.3, -0.25) is 0 Å². The van der Waals surface area contributed by atoms with Gasteiger partial charge in [-0.15, -0.1) is 0 Å². The molecule has 0 saturated heterocycles. The Morgan fingerprint density at radius 1 is 1.29 bits per heavy atom.